The van der Waals surface area contributed by atoms with Crippen LogP contribution in [0.3, 0.4) is 0 Å². The highest BCUT2D eigenvalue weighted by atomic mass is 79.9. The summed E-state index contributed by atoms with van der Waals surface area (Å²) < 4.78 is 12.9. The van der Waals surface area contributed by atoms with E-state index < -0.39 is 5.82 Å². The summed E-state index contributed by atoms with van der Waals surface area (Å²) in [5.41, 5.74) is 5.42. The molecule has 0 amide bonds. The van der Waals surface area contributed by atoms with Crippen molar-refractivity contribution in [3.63, 3.8) is 0 Å². The van der Waals surface area contributed by atoms with Crippen molar-refractivity contribution >= 4 is 27.3 Å². The third-order valence-electron chi connectivity index (χ3n) is 1.17. The number of nitrogens with two attached hydrogens (primary N) is 1. The van der Waals surface area contributed by atoms with Gasteiger partial charge < -0.3 is 5.73 Å². The molecule has 1 aromatic carbocycles. The van der Waals surface area contributed by atoms with Crippen LogP contribution in [0.5, 0.6) is 0 Å². The molecule has 0 aromatic heterocycles. The van der Waals surface area contributed by atoms with Gasteiger partial charge in [-0.1, -0.05) is 0 Å². The number of hydrogen-bond acceptors (Lipinski definition) is 3. The quantitative estimate of drug-likeness (QED) is 0.582. The monoisotopic (exact) mass is 218 g/mol. The first-order valence-electron chi connectivity index (χ1n) is 2.73. The van der Waals surface area contributed by atoms with Crippen LogP contribution in [0.2, 0.25) is 0 Å². The van der Waals surface area contributed by atoms with Crippen molar-refractivity contribution in [1.29, 1.82) is 0 Å². The minimum atomic E-state index is -0.541. The van der Waals surface area contributed by atoms with Crippen molar-refractivity contribution < 1.29 is 4.39 Å². The third-order valence-corrected chi connectivity index (χ3v) is 1.83. The summed E-state index contributed by atoms with van der Waals surface area (Å²) in [4.78, 5) is 10.0. The summed E-state index contributed by atoms with van der Waals surface area (Å²) >= 11 is 2.97. The van der Waals surface area contributed by atoms with Crippen molar-refractivity contribution in [2.24, 2.45) is 5.18 Å². The topological polar surface area (TPSA) is 55.4 Å². The fourth-order valence-corrected chi connectivity index (χ4v) is 1.07. The predicted octanol–water partition coefficient (Wildman–Crippen LogP) is 2.57. The predicted molar refractivity (Wildman–Crippen MR) is 44.0 cm³/mol. The maximum atomic E-state index is 12.5. The normalized spacial score (nSPS) is 9.64. The summed E-state index contributed by atoms with van der Waals surface area (Å²) in [5, 5.41) is 2.55. The second-order valence-electron chi connectivity index (χ2n) is 1.91. The van der Waals surface area contributed by atoms with Crippen molar-refractivity contribution in [2.45, 2.75) is 0 Å². The molecule has 0 saturated carbocycles. The first kappa shape index (κ1) is 8.13. The van der Waals surface area contributed by atoms with Crippen molar-refractivity contribution in [1.82, 2.24) is 0 Å². The molecular weight excluding hydrogens is 215 g/mol. The van der Waals surface area contributed by atoms with Crippen LogP contribution in [-0.2, 0) is 0 Å². The van der Waals surface area contributed by atoms with E-state index in [0.29, 0.717) is 4.47 Å². The number of nitrogen functional groups attached to an aromatic ring is 1. The molecule has 0 aliphatic rings. The molecule has 0 radical (unpaired) electrons. The van der Waals surface area contributed by atoms with Gasteiger partial charge in [0.05, 0.1) is 5.69 Å². The maximum absolute atomic E-state index is 12.5. The van der Waals surface area contributed by atoms with E-state index in [0.717, 1.165) is 6.07 Å². The lowest BCUT2D eigenvalue weighted by molar-refractivity contribution is 0.627. The molecule has 0 spiro atoms. The molecule has 2 N–H and O–H groups in total. The fraction of sp³-hybridized carbons (Fsp3) is 0. The summed E-state index contributed by atoms with van der Waals surface area (Å²) in [6.07, 6.45) is 0. The molecule has 0 aliphatic carbocycles. The van der Waals surface area contributed by atoms with Gasteiger partial charge in [-0.25, -0.2) is 4.39 Å². The molecule has 3 nitrogen and oxygen atoms in total. The van der Waals surface area contributed by atoms with Gasteiger partial charge in [-0.3, -0.25) is 0 Å². The molecule has 11 heavy (non-hydrogen) atoms. The van der Waals surface area contributed by atoms with Crippen LogP contribution in [-0.4, -0.2) is 0 Å². The number of anilines is 1. The first-order valence-corrected chi connectivity index (χ1v) is 3.52. The summed E-state index contributed by atoms with van der Waals surface area (Å²) in [5.74, 6) is -0.541. The molecular formula is C6H4BrFN2O. The minimum absolute atomic E-state index is 0.0862. The van der Waals surface area contributed by atoms with Crippen LogP contribution in [0.15, 0.2) is 21.8 Å². The Morgan fingerprint density at radius 1 is 1.55 bits per heavy atom. The molecule has 0 saturated heterocycles. The van der Waals surface area contributed by atoms with Crippen LogP contribution < -0.4 is 5.73 Å². The summed E-state index contributed by atoms with van der Waals surface area (Å²) in [6.45, 7) is 0. The molecule has 0 heterocycles. The van der Waals surface area contributed by atoms with E-state index in [1.54, 1.807) is 0 Å². The minimum Gasteiger partial charge on any atom is -0.396 e. The number of halogens is 2. The largest absolute Gasteiger partial charge is 0.396 e. The maximum Gasteiger partial charge on any atom is 0.134 e. The zero-order chi connectivity index (χ0) is 8.43. The van der Waals surface area contributed by atoms with Gasteiger partial charge in [0.25, 0.3) is 0 Å². The van der Waals surface area contributed by atoms with Gasteiger partial charge in [0.1, 0.15) is 11.5 Å². The number of benzene rings is 1. The molecule has 0 unspecified atom stereocenters. The molecule has 0 atom stereocenters. The highest BCUT2D eigenvalue weighted by Crippen LogP contribution is 2.30. The van der Waals surface area contributed by atoms with Crippen LogP contribution in [0.25, 0.3) is 0 Å². The Balaban J connectivity index is 3.35. The van der Waals surface area contributed by atoms with Crippen LogP contribution >= 0.6 is 15.9 Å². The van der Waals surface area contributed by atoms with E-state index in [-0.39, 0.29) is 11.4 Å². The van der Waals surface area contributed by atoms with Gasteiger partial charge in [0.2, 0.25) is 0 Å². The summed E-state index contributed by atoms with van der Waals surface area (Å²) in [6, 6.07) is 2.15. The SMILES string of the molecule is Nc1c(Br)cc(F)cc1N=O. The number of hydrogen-bond donors (Lipinski definition) is 1. The highest BCUT2D eigenvalue weighted by molar-refractivity contribution is 9.10. The lowest BCUT2D eigenvalue weighted by Gasteiger charge is -1.99. The zero-order valence-corrected chi connectivity index (χ0v) is 6.93. The number of nitrogens with zero attached hydrogens (tertiary/aromatic N) is 1. The number of nitroso groups, excluding NO2 is 1. The second-order valence-corrected chi connectivity index (χ2v) is 2.77. The lowest BCUT2D eigenvalue weighted by atomic mass is 10.3. The number of rotatable bonds is 1. The molecule has 0 fully saturated rings. The fourth-order valence-electron chi connectivity index (χ4n) is 0.647. The average Bonchev–Trinajstić information content (AvgIpc) is 1.96. The molecule has 58 valence electrons. The Kier molecular flexibility index (Phi) is 2.19. The third kappa shape index (κ3) is 1.54. The Bertz CT molecular complexity index is 303. The van der Waals surface area contributed by atoms with Gasteiger partial charge in [-0.15, -0.1) is 4.91 Å². The Labute approximate surface area is 70.5 Å². The Morgan fingerprint density at radius 3 is 2.73 bits per heavy atom. The molecule has 1 rings (SSSR count). The summed E-state index contributed by atoms with van der Waals surface area (Å²) in [7, 11) is 0. The molecule has 5 heteroatoms. The average molecular weight is 219 g/mol. The van der Waals surface area contributed by atoms with Gasteiger partial charge >= 0.3 is 0 Å². The van der Waals surface area contributed by atoms with Gasteiger partial charge in [-0.2, -0.15) is 0 Å². The highest BCUT2D eigenvalue weighted by Gasteiger charge is 2.05. The molecule has 0 aliphatic heterocycles. The van der Waals surface area contributed by atoms with E-state index in [4.69, 9.17) is 5.73 Å². The van der Waals surface area contributed by atoms with Gasteiger partial charge in [0, 0.05) is 10.5 Å². The Hall–Kier alpha value is -0.970. The van der Waals surface area contributed by atoms with E-state index in [1.165, 1.54) is 6.07 Å². The lowest BCUT2D eigenvalue weighted by Crippen LogP contribution is -1.88. The van der Waals surface area contributed by atoms with E-state index in [1.807, 2.05) is 0 Å². The standard InChI is InChI=1S/C6H4BrFN2O/c7-4-1-3(8)2-5(10-11)6(4)9/h1-2H,9H2. The second kappa shape index (κ2) is 2.96. The molecule has 0 bridgehead atoms. The molecule has 1 aromatic rings. The van der Waals surface area contributed by atoms with Crippen LogP contribution in [0, 0.1) is 10.7 Å². The van der Waals surface area contributed by atoms with Gasteiger partial charge in [-0.05, 0) is 27.2 Å². The van der Waals surface area contributed by atoms with Crippen molar-refractivity contribution in [2.75, 3.05) is 5.73 Å². The Morgan fingerprint density at radius 2 is 2.18 bits per heavy atom. The first-order chi connectivity index (χ1) is 5.15. The van der Waals surface area contributed by atoms with Crippen molar-refractivity contribution in [3.05, 3.63) is 27.3 Å². The van der Waals surface area contributed by atoms with Crippen LogP contribution in [0.1, 0.15) is 0 Å². The van der Waals surface area contributed by atoms with E-state index in [9.17, 15) is 9.30 Å². The van der Waals surface area contributed by atoms with Gasteiger partial charge in [0.15, 0.2) is 0 Å². The van der Waals surface area contributed by atoms with E-state index >= 15 is 0 Å². The van der Waals surface area contributed by atoms with Crippen LogP contribution in [0.4, 0.5) is 15.8 Å². The van der Waals surface area contributed by atoms with E-state index in [2.05, 4.69) is 21.1 Å². The smallest absolute Gasteiger partial charge is 0.134 e. The van der Waals surface area contributed by atoms with Crippen molar-refractivity contribution in [3.8, 4) is 0 Å². The zero-order valence-electron chi connectivity index (χ0n) is 5.34.